The number of phenolic OH excluding ortho intramolecular Hbond substituents is 1. The fraction of sp³-hybridized carbons (Fsp3) is 0.708. The van der Waals surface area contributed by atoms with Gasteiger partial charge in [-0.2, -0.15) is 0 Å². The lowest BCUT2D eigenvalue weighted by atomic mass is 9.44. The molecule has 0 aromatic heterocycles. The molecule has 5 heteroatoms. The highest BCUT2D eigenvalue weighted by atomic mass is 16.5. The van der Waals surface area contributed by atoms with E-state index >= 15 is 0 Å². The van der Waals surface area contributed by atoms with E-state index < -0.39 is 0 Å². The molecule has 0 radical (unpaired) electrons. The highest BCUT2D eigenvalue weighted by Crippen LogP contribution is 2.66. The van der Waals surface area contributed by atoms with E-state index in [-0.39, 0.29) is 34.2 Å². The normalized spacial score (nSPS) is 39.5. The van der Waals surface area contributed by atoms with Gasteiger partial charge in [-0.3, -0.25) is 4.79 Å². The van der Waals surface area contributed by atoms with Crippen LogP contribution < -0.4 is 10.1 Å². The van der Waals surface area contributed by atoms with Crippen molar-refractivity contribution in [3.05, 3.63) is 22.8 Å². The van der Waals surface area contributed by atoms with E-state index in [0.717, 1.165) is 42.6 Å². The molecule has 2 heterocycles. The zero-order valence-corrected chi connectivity index (χ0v) is 18.2. The van der Waals surface area contributed by atoms with Gasteiger partial charge in [0.15, 0.2) is 0 Å². The van der Waals surface area contributed by atoms with Crippen molar-refractivity contribution in [2.75, 3.05) is 7.11 Å². The Balaban J connectivity index is 1.73. The maximum Gasteiger partial charge on any atom is 0.255 e. The summed E-state index contributed by atoms with van der Waals surface area (Å²) in [5, 5.41) is 13.4. The molecular formula is C24H33NO4. The maximum absolute atomic E-state index is 12.3. The summed E-state index contributed by atoms with van der Waals surface area (Å²) in [6.45, 7) is 9.90. The van der Waals surface area contributed by atoms with Gasteiger partial charge in [-0.05, 0) is 48.6 Å². The Morgan fingerprint density at radius 3 is 2.72 bits per heavy atom. The van der Waals surface area contributed by atoms with Gasteiger partial charge in [0.1, 0.15) is 17.1 Å². The van der Waals surface area contributed by atoms with Crippen LogP contribution in [0, 0.1) is 22.7 Å². The molecule has 0 unspecified atom stereocenters. The molecule has 1 aromatic rings. The van der Waals surface area contributed by atoms with Crippen LogP contribution in [0.4, 0.5) is 0 Å². The monoisotopic (exact) mass is 399 g/mol. The molecule has 29 heavy (non-hydrogen) atoms. The molecule has 1 amide bonds. The lowest BCUT2D eigenvalue weighted by Crippen LogP contribution is -2.70. The van der Waals surface area contributed by atoms with Crippen LogP contribution in [0.2, 0.25) is 0 Å². The molecule has 4 aliphatic rings. The second-order valence-corrected chi connectivity index (χ2v) is 10.8. The summed E-state index contributed by atoms with van der Waals surface area (Å²) in [5.41, 5.74) is 2.00. The predicted molar refractivity (Wildman–Crippen MR) is 110 cm³/mol. The van der Waals surface area contributed by atoms with Crippen LogP contribution in [0.1, 0.15) is 74.9 Å². The number of carbonyl (C=O) groups is 1. The first-order valence-electron chi connectivity index (χ1n) is 11.0. The molecule has 2 N–H and O–H groups in total. The van der Waals surface area contributed by atoms with Crippen molar-refractivity contribution >= 4 is 5.91 Å². The van der Waals surface area contributed by atoms with Gasteiger partial charge < -0.3 is 19.9 Å². The van der Waals surface area contributed by atoms with E-state index in [2.05, 4.69) is 33.0 Å². The van der Waals surface area contributed by atoms with Gasteiger partial charge in [0.05, 0.1) is 11.7 Å². The lowest BCUT2D eigenvalue weighted by Gasteiger charge is -2.67. The van der Waals surface area contributed by atoms with Gasteiger partial charge >= 0.3 is 0 Å². The molecule has 158 valence electrons. The smallest absolute Gasteiger partial charge is 0.255 e. The van der Waals surface area contributed by atoms with Crippen LogP contribution in [-0.4, -0.2) is 29.8 Å². The van der Waals surface area contributed by atoms with Crippen molar-refractivity contribution in [2.24, 2.45) is 22.7 Å². The van der Waals surface area contributed by atoms with Crippen LogP contribution in [0.3, 0.4) is 0 Å². The van der Waals surface area contributed by atoms with Gasteiger partial charge in [0.2, 0.25) is 0 Å². The number of aromatic hydroxyl groups is 1. The molecular weight excluding hydrogens is 366 g/mol. The van der Waals surface area contributed by atoms with E-state index in [9.17, 15) is 9.90 Å². The Hall–Kier alpha value is -1.75. The van der Waals surface area contributed by atoms with E-state index in [0.29, 0.717) is 23.9 Å². The number of fused-ring (bicyclic) bond motifs is 3. The van der Waals surface area contributed by atoms with Gasteiger partial charge in [0, 0.05) is 37.0 Å². The molecule has 0 bridgehead atoms. The Labute approximate surface area is 173 Å². The third-order valence-corrected chi connectivity index (χ3v) is 9.00. The number of amides is 1. The third kappa shape index (κ3) is 2.34. The Morgan fingerprint density at radius 2 is 2.00 bits per heavy atom. The molecule has 2 aliphatic heterocycles. The summed E-state index contributed by atoms with van der Waals surface area (Å²) in [5.74, 6) is 1.65. The summed E-state index contributed by atoms with van der Waals surface area (Å²) >= 11 is 0. The van der Waals surface area contributed by atoms with Gasteiger partial charge in [-0.25, -0.2) is 0 Å². The molecule has 1 aromatic carbocycles. The van der Waals surface area contributed by atoms with E-state index in [1.54, 1.807) is 6.07 Å². The standard InChI is InChI=1S/C24H33NO4/c1-13-6-7-18-22(2,3)10-15(28-5)11-24(18)23(13,4)9-14-8-17(26)19-16(20(14)29-24)12-25-21(19)27/h8,13,15,18,26H,6-7,9-12H2,1-5H3,(H,25,27)/t13-,15+,18-,23+,24-/m0/s1. The molecule has 5 atom stereocenters. The molecule has 5 nitrogen and oxygen atoms in total. The number of nitrogens with one attached hydrogen (secondary N) is 1. The van der Waals surface area contributed by atoms with Gasteiger partial charge in [-0.1, -0.05) is 27.7 Å². The first kappa shape index (κ1) is 19.2. The fourth-order valence-corrected chi connectivity index (χ4v) is 7.32. The number of benzene rings is 1. The number of hydrogen-bond donors (Lipinski definition) is 2. The van der Waals surface area contributed by atoms with E-state index in [1.807, 2.05) is 7.11 Å². The largest absolute Gasteiger partial charge is 0.507 e. The quantitative estimate of drug-likeness (QED) is 0.743. The van der Waals surface area contributed by atoms with Gasteiger partial charge in [-0.15, -0.1) is 0 Å². The number of methoxy groups -OCH3 is 1. The molecule has 2 aliphatic carbocycles. The summed E-state index contributed by atoms with van der Waals surface area (Å²) in [7, 11) is 1.82. The van der Waals surface area contributed by atoms with Crippen LogP contribution >= 0.6 is 0 Å². The molecule has 2 saturated carbocycles. The number of phenols is 1. The molecule has 5 rings (SSSR count). The zero-order chi connectivity index (χ0) is 20.8. The summed E-state index contributed by atoms with van der Waals surface area (Å²) in [6.07, 6.45) is 5.31. The summed E-state index contributed by atoms with van der Waals surface area (Å²) in [6, 6.07) is 1.77. The maximum atomic E-state index is 12.3. The summed E-state index contributed by atoms with van der Waals surface area (Å²) in [4.78, 5) is 12.3. The lowest BCUT2D eigenvalue weighted by molar-refractivity contribution is -0.233. The average molecular weight is 400 g/mol. The van der Waals surface area contributed by atoms with Crippen molar-refractivity contribution in [3.63, 3.8) is 0 Å². The molecule has 1 spiro atoms. The highest BCUT2D eigenvalue weighted by molar-refractivity contribution is 6.02. The van der Waals surface area contributed by atoms with Crippen LogP contribution in [0.15, 0.2) is 6.07 Å². The van der Waals surface area contributed by atoms with E-state index in [4.69, 9.17) is 9.47 Å². The Bertz CT molecular complexity index is 893. The Kier molecular flexibility index (Phi) is 3.91. The van der Waals surface area contributed by atoms with Crippen molar-refractivity contribution in [3.8, 4) is 11.5 Å². The summed E-state index contributed by atoms with van der Waals surface area (Å²) < 4.78 is 13.1. The highest BCUT2D eigenvalue weighted by Gasteiger charge is 2.67. The fourth-order valence-electron chi connectivity index (χ4n) is 7.32. The first-order chi connectivity index (χ1) is 13.6. The number of hydrogen-bond acceptors (Lipinski definition) is 4. The van der Waals surface area contributed by atoms with Crippen LogP contribution in [-0.2, 0) is 17.7 Å². The minimum absolute atomic E-state index is 0.0475. The topological polar surface area (TPSA) is 67.8 Å². The van der Waals surface area contributed by atoms with Crippen LogP contribution in [0.5, 0.6) is 11.5 Å². The SMILES string of the molecule is CO[C@@H]1CC(C)(C)[C@@H]2CC[C@H](C)[C@@]3(C)Cc4cc(O)c5c(c4O[C@@]23C1)CNC5=O. The minimum Gasteiger partial charge on any atom is -0.507 e. The van der Waals surface area contributed by atoms with Crippen molar-refractivity contribution < 1.29 is 19.4 Å². The van der Waals surface area contributed by atoms with Crippen LogP contribution in [0.25, 0.3) is 0 Å². The first-order valence-corrected chi connectivity index (χ1v) is 11.0. The second-order valence-electron chi connectivity index (χ2n) is 10.8. The van der Waals surface area contributed by atoms with Crippen molar-refractivity contribution in [2.45, 2.75) is 78.0 Å². The number of rotatable bonds is 1. The third-order valence-electron chi connectivity index (χ3n) is 9.00. The average Bonchev–Trinajstić information content (AvgIpc) is 3.03. The second kappa shape index (κ2) is 5.90. The zero-order valence-electron chi connectivity index (χ0n) is 18.2. The van der Waals surface area contributed by atoms with Crippen molar-refractivity contribution in [1.82, 2.24) is 5.32 Å². The number of carbonyl (C=O) groups excluding carboxylic acids is 1. The number of ether oxygens (including phenoxy) is 2. The van der Waals surface area contributed by atoms with E-state index in [1.165, 1.54) is 6.42 Å². The molecule has 2 fully saturated rings. The van der Waals surface area contributed by atoms with Gasteiger partial charge in [0.25, 0.3) is 5.91 Å². The molecule has 0 saturated heterocycles. The Morgan fingerprint density at radius 1 is 1.24 bits per heavy atom. The minimum atomic E-state index is -0.323. The predicted octanol–water partition coefficient (Wildman–Crippen LogP) is 4.20. The van der Waals surface area contributed by atoms with Crippen molar-refractivity contribution in [1.29, 1.82) is 0 Å².